The minimum Gasteiger partial charge on any atom is -0.340 e. The number of rotatable bonds is 3. The van der Waals surface area contributed by atoms with Gasteiger partial charge < -0.3 is 10.2 Å². The van der Waals surface area contributed by atoms with Gasteiger partial charge in [0.05, 0.1) is 0 Å². The van der Waals surface area contributed by atoms with Crippen LogP contribution in [-0.4, -0.2) is 55.0 Å². The number of nitrogens with one attached hydrogen (secondary N) is 1. The third kappa shape index (κ3) is 3.09. The summed E-state index contributed by atoms with van der Waals surface area (Å²) < 4.78 is 0. The van der Waals surface area contributed by atoms with Gasteiger partial charge in [0.1, 0.15) is 0 Å². The van der Waals surface area contributed by atoms with Gasteiger partial charge in [0.2, 0.25) is 5.91 Å². The first-order chi connectivity index (χ1) is 11.7. The van der Waals surface area contributed by atoms with E-state index in [2.05, 4.69) is 46.3 Å². The number of amides is 1. The van der Waals surface area contributed by atoms with Crippen molar-refractivity contribution in [2.75, 3.05) is 39.3 Å². The van der Waals surface area contributed by atoms with Gasteiger partial charge in [-0.2, -0.15) is 0 Å². The highest BCUT2D eigenvalue weighted by atomic mass is 16.2. The van der Waals surface area contributed by atoms with Crippen LogP contribution in [0.5, 0.6) is 0 Å². The Balaban J connectivity index is 1.29. The second-order valence-electron chi connectivity index (χ2n) is 7.90. The molecular weight excluding hydrogens is 298 g/mol. The van der Waals surface area contributed by atoms with E-state index in [9.17, 15) is 4.79 Å². The molecule has 1 aromatic carbocycles. The van der Waals surface area contributed by atoms with Gasteiger partial charge in [-0.05, 0) is 55.8 Å². The lowest BCUT2D eigenvalue weighted by Crippen LogP contribution is -2.49. The van der Waals surface area contributed by atoms with Crippen LogP contribution < -0.4 is 5.32 Å². The van der Waals surface area contributed by atoms with Crippen molar-refractivity contribution in [1.82, 2.24) is 15.1 Å². The molecule has 0 aromatic heterocycles. The molecule has 4 nitrogen and oxygen atoms in total. The first-order valence-electron chi connectivity index (χ1n) is 9.44. The number of benzene rings is 1. The Morgan fingerprint density at radius 1 is 1.17 bits per heavy atom. The number of piperidine rings is 1. The summed E-state index contributed by atoms with van der Waals surface area (Å²) in [4.78, 5) is 17.5. The number of hydrogen-bond donors (Lipinski definition) is 1. The number of carbonyl (C=O) groups excluding carboxylic acids is 1. The SMILES string of the molecule is Cc1ccccc1CN1CCN(C(=O)C2CC23CCNCC3)CC1. The van der Waals surface area contributed by atoms with E-state index in [1.165, 1.54) is 24.0 Å². The van der Waals surface area contributed by atoms with Crippen LogP contribution in [0, 0.1) is 18.3 Å². The van der Waals surface area contributed by atoms with E-state index in [1.807, 2.05) is 0 Å². The summed E-state index contributed by atoms with van der Waals surface area (Å²) in [6.07, 6.45) is 3.52. The lowest BCUT2D eigenvalue weighted by Gasteiger charge is -2.36. The molecule has 2 heterocycles. The second kappa shape index (κ2) is 6.49. The van der Waals surface area contributed by atoms with Crippen molar-refractivity contribution in [2.24, 2.45) is 11.3 Å². The molecule has 1 amide bonds. The third-order valence-electron chi connectivity index (χ3n) is 6.43. The van der Waals surface area contributed by atoms with Gasteiger partial charge in [-0.15, -0.1) is 0 Å². The number of carbonyl (C=O) groups is 1. The standard InChI is InChI=1S/C20H29N3O/c1-16-4-2-3-5-17(16)15-22-10-12-23(13-11-22)19(24)18-14-20(18)6-8-21-9-7-20/h2-5,18,21H,6-15H2,1H3. The monoisotopic (exact) mass is 327 g/mol. The minimum absolute atomic E-state index is 0.322. The van der Waals surface area contributed by atoms with Crippen LogP contribution in [0.4, 0.5) is 0 Å². The number of aryl methyl sites for hydroxylation is 1. The van der Waals surface area contributed by atoms with Crippen LogP contribution >= 0.6 is 0 Å². The number of piperazine rings is 1. The zero-order chi connectivity index (χ0) is 16.6. The maximum absolute atomic E-state index is 12.8. The first-order valence-corrected chi connectivity index (χ1v) is 9.44. The lowest BCUT2D eigenvalue weighted by atomic mass is 9.91. The predicted molar refractivity (Wildman–Crippen MR) is 95.7 cm³/mol. The van der Waals surface area contributed by atoms with Crippen molar-refractivity contribution in [3.05, 3.63) is 35.4 Å². The highest BCUT2D eigenvalue weighted by Crippen LogP contribution is 2.59. The van der Waals surface area contributed by atoms with Crippen LogP contribution in [0.25, 0.3) is 0 Å². The van der Waals surface area contributed by atoms with Gasteiger partial charge in [0, 0.05) is 38.6 Å². The van der Waals surface area contributed by atoms with Crippen molar-refractivity contribution in [3.8, 4) is 0 Å². The smallest absolute Gasteiger partial charge is 0.226 e. The Kier molecular flexibility index (Phi) is 4.35. The summed E-state index contributed by atoms with van der Waals surface area (Å²) in [5, 5.41) is 3.42. The summed E-state index contributed by atoms with van der Waals surface area (Å²) in [6, 6.07) is 8.62. The molecule has 1 unspecified atom stereocenters. The number of nitrogens with zero attached hydrogens (tertiary/aromatic N) is 2. The Bertz CT molecular complexity index is 601. The summed E-state index contributed by atoms with van der Waals surface area (Å²) in [7, 11) is 0. The largest absolute Gasteiger partial charge is 0.340 e. The molecular formula is C20H29N3O. The molecule has 0 radical (unpaired) electrons. The average molecular weight is 327 g/mol. The molecule has 0 bridgehead atoms. The molecule has 1 atom stereocenters. The van der Waals surface area contributed by atoms with Gasteiger partial charge in [-0.1, -0.05) is 24.3 Å². The fourth-order valence-corrected chi connectivity index (χ4v) is 4.55. The summed E-state index contributed by atoms with van der Waals surface area (Å²) >= 11 is 0. The Morgan fingerprint density at radius 2 is 1.88 bits per heavy atom. The van der Waals surface area contributed by atoms with Crippen molar-refractivity contribution >= 4 is 5.91 Å². The van der Waals surface area contributed by atoms with Gasteiger partial charge >= 0.3 is 0 Å². The Labute approximate surface area is 145 Å². The van der Waals surface area contributed by atoms with Crippen LogP contribution in [0.15, 0.2) is 24.3 Å². The van der Waals surface area contributed by atoms with Crippen LogP contribution in [-0.2, 0) is 11.3 Å². The van der Waals surface area contributed by atoms with E-state index in [4.69, 9.17) is 0 Å². The van der Waals surface area contributed by atoms with E-state index in [0.717, 1.165) is 52.2 Å². The van der Waals surface area contributed by atoms with Gasteiger partial charge in [-0.3, -0.25) is 9.69 Å². The molecule has 3 aliphatic rings. The molecule has 1 saturated carbocycles. The highest BCUT2D eigenvalue weighted by molar-refractivity contribution is 5.83. The van der Waals surface area contributed by atoms with E-state index in [1.54, 1.807) is 0 Å². The molecule has 1 aliphatic carbocycles. The van der Waals surface area contributed by atoms with E-state index < -0.39 is 0 Å². The number of hydrogen-bond acceptors (Lipinski definition) is 3. The summed E-state index contributed by atoms with van der Waals surface area (Å²) in [5.41, 5.74) is 3.13. The van der Waals surface area contributed by atoms with Gasteiger partial charge in [0.15, 0.2) is 0 Å². The Hall–Kier alpha value is -1.39. The Morgan fingerprint density at radius 3 is 2.58 bits per heavy atom. The van der Waals surface area contributed by atoms with Gasteiger partial charge in [-0.25, -0.2) is 0 Å². The van der Waals surface area contributed by atoms with E-state index in [0.29, 0.717) is 17.2 Å². The molecule has 4 heteroatoms. The van der Waals surface area contributed by atoms with Crippen LogP contribution in [0.1, 0.15) is 30.4 Å². The van der Waals surface area contributed by atoms with Crippen LogP contribution in [0.2, 0.25) is 0 Å². The van der Waals surface area contributed by atoms with Gasteiger partial charge in [0.25, 0.3) is 0 Å². The molecule has 1 spiro atoms. The maximum atomic E-state index is 12.8. The second-order valence-corrected chi connectivity index (χ2v) is 7.90. The van der Waals surface area contributed by atoms with Crippen molar-refractivity contribution < 1.29 is 4.79 Å². The average Bonchev–Trinajstić information content (AvgIpc) is 3.30. The topological polar surface area (TPSA) is 35.6 Å². The lowest BCUT2D eigenvalue weighted by molar-refractivity contribution is -0.135. The predicted octanol–water partition coefficient (Wildman–Crippen LogP) is 2.03. The maximum Gasteiger partial charge on any atom is 0.226 e. The molecule has 2 aliphatic heterocycles. The van der Waals surface area contributed by atoms with Crippen molar-refractivity contribution in [2.45, 2.75) is 32.7 Å². The quantitative estimate of drug-likeness (QED) is 0.923. The fourth-order valence-electron chi connectivity index (χ4n) is 4.55. The fraction of sp³-hybridized carbons (Fsp3) is 0.650. The van der Waals surface area contributed by atoms with Crippen LogP contribution in [0.3, 0.4) is 0 Å². The molecule has 24 heavy (non-hydrogen) atoms. The zero-order valence-electron chi connectivity index (χ0n) is 14.8. The van der Waals surface area contributed by atoms with E-state index >= 15 is 0 Å². The molecule has 1 N–H and O–H groups in total. The van der Waals surface area contributed by atoms with Crippen molar-refractivity contribution in [3.63, 3.8) is 0 Å². The van der Waals surface area contributed by atoms with Crippen molar-refractivity contribution in [1.29, 1.82) is 0 Å². The molecule has 4 rings (SSSR count). The third-order valence-corrected chi connectivity index (χ3v) is 6.43. The highest BCUT2D eigenvalue weighted by Gasteiger charge is 2.58. The molecule has 1 aromatic rings. The molecule has 2 saturated heterocycles. The summed E-state index contributed by atoms with van der Waals surface area (Å²) in [5.74, 6) is 0.759. The summed E-state index contributed by atoms with van der Waals surface area (Å²) in [6.45, 7) is 9.17. The normalized spacial score (nSPS) is 26.5. The first kappa shape index (κ1) is 16.1. The molecule has 3 fully saturated rings. The zero-order valence-corrected chi connectivity index (χ0v) is 14.8. The minimum atomic E-state index is 0.322. The van der Waals surface area contributed by atoms with E-state index in [-0.39, 0.29) is 0 Å². The molecule has 130 valence electrons.